The summed E-state index contributed by atoms with van der Waals surface area (Å²) in [6.45, 7) is 0. The number of carboxylic acid groups (broad SMARTS) is 1. The highest BCUT2D eigenvalue weighted by atomic mass is 16.4. The molecule has 6 heteroatoms. The topological polar surface area (TPSA) is 94.0 Å². The van der Waals surface area contributed by atoms with Crippen LogP contribution < -0.4 is 5.73 Å². The van der Waals surface area contributed by atoms with Gasteiger partial charge in [-0.1, -0.05) is 0 Å². The van der Waals surface area contributed by atoms with Gasteiger partial charge in [0.15, 0.2) is 0 Å². The quantitative estimate of drug-likeness (QED) is 0.696. The fraction of sp³-hybridized carbons (Fsp3) is 0. The van der Waals surface area contributed by atoms with Crippen molar-refractivity contribution in [2.24, 2.45) is 0 Å². The van der Waals surface area contributed by atoms with E-state index in [1.165, 1.54) is 35.4 Å². The van der Waals surface area contributed by atoms with Crippen LogP contribution in [-0.4, -0.2) is 26.1 Å². The first-order chi connectivity index (χ1) is 7.18. The lowest BCUT2D eigenvalue weighted by Gasteiger charge is -2.05. The summed E-state index contributed by atoms with van der Waals surface area (Å²) in [5.41, 5.74) is 6.50. The van der Waals surface area contributed by atoms with Crippen molar-refractivity contribution in [2.45, 2.75) is 0 Å². The molecular formula is C9H8N4O2. The van der Waals surface area contributed by atoms with Crippen molar-refractivity contribution in [3.8, 4) is 5.69 Å². The summed E-state index contributed by atoms with van der Waals surface area (Å²) in [7, 11) is 0. The van der Waals surface area contributed by atoms with E-state index in [1.54, 1.807) is 0 Å². The molecule has 76 valence electrons. The standard InChI is InChI=1S/C9H8N4O2/c10-6-1-2-7(9(14)15)8(5-6)13-11-3-4-12-13/h1-5H,10H2,(H,14,15). The van der Waals surface area contributed by atoms with E-state index in [2.05, 4.69) is 10.2 Å². The van der Waals surface area contributed by atoms with Crippen LogP contribution in [0.2, 0.25) is 0 Å². The summed E-state index contributed by atoms with van der Waals surface area (Å²) in [5, 5.41) is 16.7. The Kier molecular flexibility index (Phi) is 2.09. The molecule has 2 aromatic rings. The normalized spacial score (nSPS) is 10.1. The molecular weight excluding hydrogens is 196 g/mol. The van der Waals surface area contributed by atoms with Gasteiger partial charge in [0, 0.05) is 5.69 Å². The lowest BCUT2D eigenvalue weighted by molar-refractivity contribution is 0.0696. The first-order valence-corrected chi connectivity index (χ1v) is 4.18. The van der Waals surface area contributed by atoms with Crippen molar-refractivity contribution in [3.63, 3.8) is 0 Å². The number of nitrogens with two attached hydrogens (primary N) is 1. The van der Waals surface area contributed by atoms with Crippen LogP contribution in [0, 0.1) is 0 Å². The molecule has 3 N–H and O–H groups in total. The minimum atomic E-state index is -1.04. The van der Waals surface area contributed by atoms with Crippen LogP contribution >= 0.6 is 0 Å². The monoisotopic (exact) mass is 204 g/mol. The molecule has 0 amide bonds. The van der Waals surface area contributed by atoms with E-state index >= 15 is 0 Å². The number of nitrogens with zero attached hydrogens (tertiary/aromatic N) is 3. The van der Waals surface area contributed by atoms with Gasteiger partial charge in [0.25, 0.3) is 0 Å². The van der Waals surface area contributed by atoms with E-state index < -0.39 is 5.97 Å². The van der Waals surface area contributed by atoms with Crippen molar-refractivity contribution in [1.82, 2.24) is 15.0 Å². The zero-order valence-electron chi connectivity index (χ0n) is 7.66. The Morgan fingerprint density at radius 1 is 1.33 bits per heavy atom. The molecule has 15 heavy (non-hydrogen) atoms. The Morgan fingerprint density at radius 2 is 2.00 bits per heavy atom. The van der Waals surface area contributed by atoms with E-state index in [4.69, 9.17) is 10.8 Å². The molecule has 0 aliphatic heterocycles. The molecule has 0 bridgehead atoms. The number of anilines is 1. The van der Waals surface area contributed by atoms with Crippen LogP contribution in [0.1, 0.15) is 10.4 Å². The molecule has 0 saturated carbocycles. The fourth-order valence-corrected chi connectivity index (χ4v) is 1.24. The van der Waals surface area contributed by atoms with Gasteiger partial charge in [-0.2, -0.15) is 15.0 Å². The Hall–Kier alpha value is -2.37. The third kappa shape index (κ3) is 1.64. The van der Waals surface area contributed by atoms with Gasteiger partial charge >= 0.3 is 5.97 Å². The molecule has 2 rings (SSSR count). The second-order valence-corrected chi connectivity index (χ2v) is 2.90. The predicted octanol–water partition coefficient (Wildman–Crippen LogP) is 0.548. The predicted molar refractivity (Wildman–Crippen MR) is 52.7 cm³/mol. The molecule has 0 atom stereocenters. The number of carbonyl (C=O) groups is 1. The zero-order valence-corrected chi connectivity index (χ0v) is 7.66. The Bertz CT molecular complexity index is 493. The van der Waals surface area contributed by atoms with Crippen molar-refractivity contribution in [3.05, 3.63) is 36.2 Å². The van der Waals surface area contributed by atoms with Gasteiger partial charge in [-0.15, -0.1) is 0 Å². The third-order valence-electron chi connectivity index (χ3n) is 1.89. The average Bonchev–Trinajstić information content (AvgIpc) is 2.69. The van der Waals surface area contributed by atoms with E-state index in [0.29, 0.717) is 11.4 Å². The molecule has 0 unspecified atom stereocenters. The number of hydrogen-bond acceptors (Lipinski definition) is 4. The van der Waals surface area contributed by atoms with Gasteiger partial charge in [0.2, 0.25) is 0 Å². The number of aromatic carboxylic acids is 1. The minimum absolute atomic E-state index is 0.111. The molecule has 1 aromatic heterocycles. The van der Waals surface area contributed by atoms with E-state index in [0.717, 1.165) is 0 Å². The zero-order chi connectivity index (χ0) is 10.8. The molecule has 0 radical (unpaired) electrons. The Morgan fingerprint density at radius 3 is 2.60 bits per heavy atom. The van der Waals surface area contributed by atoms with Crippen LogP contribution in [0.5, 0.6) is 0 Å². The summed E-state index contributed by atoms with van der Waals surface area (Å²) >= 11 is 0. The summed E-state index contributed by atoms with van der Waals surface area (Å²) in [6, 6.07) is 4.47. The Balaban J connectivity index is 2.63. The number of carboxylic acids is 1. The highest BCUT2D eigenvalue weighted by Crippen LogP contribution is 2.16. The summed E-state index contributed by atoms with van der Waals surface area (Å²) < 4.78 is 0. The van der Waals surface area contributed by atoms with Crippen molar-refractivity contribution in [2.75, 3.05) is 5.73 Å². The second kappa shape index (κ2) is 3.41. The van der Waals surface area contributed by atoms with E-state index in [1.807, 2.05) is 0 Å². The number of hydrogen-bond donors (Lipinski definition) is 2. The fourth-order valence-electron chi connectivity index (χ4n) is 1.24. The molecule has 0 aliphatic carbocycles. The highest BCUT2D eigenvalue weighted by molar-refractivity contribution is 5.92. The molecule has 1 aromatic carbocycles. The van der Waals surface area contributed by atoms with Crippen molar-refractivity contribution >= 4 is 11.7 Å². The third-order valence-corrected chi connectivity index (χ3v) is 1.89. The van der Waals surface area contributed by atoms with Crippen molar-refractivity contribution < 1.29 is 9.90 Å². The maximum atomic E-state index is 10.9. The lowest BCUT2D eigenvalue weighted by atomic mass is 10.1. The van der Waals surface area contributed by atoms with Gasteiger partial charge in [-0.3, -0.25) is 0 Å². The SMILES string of the molecule is Nc1ccc(C(=O)O)c(-n2nccn2)c1. The van der Waals surface area contributed by atoms with Crippen LogP contribution in [0.4, 0.5) is 5.69 Å². The second-order valence-electron chi connectivity index (χ2n) is 2.90. The van der Waals surface area contributed by atoms with Gasteiger partial charge < -0.3 is 10.8 Å². The average molecular weight is 204 g/mol. The summed E-state index contributed by atoms with van der Waals surface area (Å²) in [4.78, 5) is 12.1. The molecule has 0 fully saturated rings. The molecule has 0 saturated heterocycles. The largest absolute Gasteiger partial charge is 0.478 e. The minimum Gasteiger partial charge on any atom is -0.478 e. The number of nitrogen functional groups attached to an aromatic ring is 1. The van der Waals surface area contributed by atoms with Gasteiger partial charge in [0.05, 0.1) is 18.0 Å². The Labute approximate surface area is 84.9 Å². The van der Waals surface area contributed by atoms with Crippen LogP contribution in [0.25, 0.3) is 5.69 Å². The number of rotatable bonds is 2. The van der Waals surface area contributed by atoms with E-state index in [9.17, 15) is 4.79 Å². The number of benzene rings is 1. The van der Waals surface area contributed by atoms with Crippen molar-refractivity contribution in [1.29, 1.82) is 0 Å². The van der Waals surface area contributed by atoms with Gasteiger partial charge in [-0.05, 0) is 18.2 Å². The molecule has 6 nitrogen and oxygen atoms in total. The highest BCUT2D eigenvalue weighted by Gasteiger charge is 2.12. The van der Waals surface area contributed by atoms with Gasteiger partial charge in [0.1, 0.15) is 5.69 Å². The lowest BCUT2D eigenvalue weighted by Crippen LogP contribution is -2.08. The van der Waals surface area contributed by atoms with E-state index in [-0.39, 0.29) is 5.56 Å². The first-order valence-electron chi connectivity index (χ1n) is 4.18. The maximum absolute atomic E-state index is 10.9. The van der Waals surface area contributed by atoms with Crippen LogP contribution in [0.3, 0.4) is 0 Å². The first kappa shape index (κ1) is 9.20. The number of aromatic nitrogens is 3. The summed E-state index contributed by atoms with van der Waals surface area (Å²) in [5.74, 6) is -1.04. The molecule has 0 spiro atoms. The summed E-state index contributed by atoms with van der Waals surface area (Å²) in [6.07, 6.45) is 2.93. The smallest absolute Gasteiger partial charge is 0.337 e. The van der Waals surface area contributed by atoms with Gasteiger partial charge in [-0.25, -0.2) is 4.79 Å². The maximum Gasteiger partial charge on any atom is 0.337 e. The van der Waals surface area contributed by atoms with Crippen LogP contribution in [-0.2, 0) is 0 Å². The molecule has 1 heterocycles. The molecule has 0 aliphatic rings. The van der Waals surface area contributed by atoms with Crippen LogP contribution in [0.15, 0.2) is 30.6 Å².